The Morgan fingerprint density at radius 2 is 1.85 bits per heavy atom. The fourth-order valence-electron chi connectivity index (χ4n) is 4.04. The molecule has 5 heteroatoms. The van der Waals surface area contributed by atoms with Crippen LogP contribution in [-0.4, -0.2) is 20.3 Å². The fourth-order valence-corrected chi connectivity index (χ4v) is 4.04. The molecule has 2 aromatic carbocycles. The molecule has 0 saturated carbocycles. The molecule has 0 atom stereocenters. The first-order chi connectivity index (χ1) is 16.5. The van der Waals surface area contributed by atoms with Gasteiger partial charge in [-0.2, -0.15) is 0 Å². The van der Waals surface area contributed by atoms with Gasteiger partial charge in [-0.3, -0.25) is 9.78 Å². The van der Waals surface area contributed by atoms with Crippen LogP contribution in [0.15, 0.2) is 85.3 Å². The van der Waals surface area contributed by atoms with Gasteiger partial charge in [-0.05, 0) is 55.3 Å². The number of hydrogen-bond acceptors (Lipinski definition) is 4. The Labute approximate surface area is 198 Å². The number of nitrogens with zero attached hydrogens (tertiary/aromatic N) is 3. The smallest absolute Gasteiger partial charge is 0.167 e. The van der Waals surface area contributed by atoms with Crippen LogP contribution >= 0.6 is 0 Å². The minimum Gasteiger partial charge on any atom is -0.456 e. The molecule has 3 aromatic heterocycles. The highest BCUT2D eigenvalue weighted by Gasteiger charge is 2.15. The predicted octanol–water partition coefficient (Wildman–Crippen LogP) is 6.47. The van der Waals surface area contributed by atoms with Gasteiger partial charge in [0.15, 0.2) is 5.78 Å². The van der Waals surface area contributed by atoms with Crippen molar-refractivity contribution >= 4 is 16.8 Å². The van der Waals surface area contributed by atoms with Crippen LogP contribution in [-0.2, 0) is 13.5 Å². The number of pyridine rings is 2. The average Bonchev–Trinajstić information content (AvgIpc) is 3.22. The van der Waals surface area contributed by atoms with E-state index in [0.29, 0.717) is 6.42 Å². The first-order valence-electron chi connectivity index (χ1n) is 11.2. The quantitative estimate of drug-likeness (QED) is 0.280. The number of ether oxygens (including phenoxy) is 1. The van der Waals surface area contributed by atoms with E-state index in [9.17, 15) is 4.79 Å². The summed E-state index contributed by atoms with van der Waals surface area (Å²) in [5.41, 5.74) is 6.26. The molecule has 5 rings (SSSR count). The monoisotopic (exact) mass is 447 g/mol. The highest BCUT2D eigenvalue weighted by molar-refractivity contribution is 5.97. The normalized spacial score (nSPS) is 11.0. The molecule has 0 radical (unpaired) electrons. The van der Waals surface area contributed by atoms with E-state index in [1.165, 1.54) is 0 Å². The van der Waals surface area contributed by atoms with Crippen LogP contribution in [0, 0.1) is 13.8 Å². The van der Waals surface area contributed by atoms with Crippen molar-refractivity contribution in [1.82, 2.24) is 14.5 Å². The summed E-state index contributed by atoms with van der Waals surface area (Å²) in [5, 5.41) is 0.927. The van der Waals surface area contributed by atoms with Gasteiger partial charge in [-0.1, -0.05) is 35.9 Å². The maximum Gasteiger partial charge on any atom is 0.167 e. The summed E-state index contributed by atoms with van der Waals surface area (Å²) in [6.45, 7) is 4.00. The van der Waals surface area contributed by atoms with Gasteiger partial charge >= 0.3 is 0 Å². The van der Waals surface area contributed by atoms with Crippen LogP contribution in [0.25, 0.3) is 22.3 Å². The molecule has 168 valence electrons. The van der Waals surface area contributed by atoms with E-state index >= 15 is 0 Å². The Morgan fingerprint density at radius 1 is 0.971 bits per heavy atom. The number of rotatable bonds is 6. The Hall–Kier alpha value is -4.25. The van der Waals surface area contributed by atoms with Gasteiger partial charge in [0.2, 0.25) is 0 Å². The summed E-state index contributed by atoms with van der Waals surface area (Å²) in [4.78, 5) is 21.9. The first kappa shape index (κ1) is 21.6. The zero-order chi connectivity index (χ0) is 23.7. The molecule has 0 unspecified atom stereocenters. The molecular formula is C29H25N3O2. The summed E-state index contributed by atoms with van der Waals surface area (Å²) in [6.07, 6.45) is 5.83. The molecule has 0 spiro atoms. The molecule has 0 aliphatic heterocycles. The third-order valence-electron chi connectivity index (χ3n) is 5.93. The summed E-state index contributed by atoms with van der Waals surface area (Å²) >= 11 is 0. The molecule has 0 aliphatic carbocycles. The molecule has 0 amide bonds. The second-order valence-corrected chi connectivity index (χ2v) is 8.58. The Balaban J connectivity index is 1.50. The van der Waals surface area contributed by atoms with Crippen molar-refractivity contribution in [2.24, 2.45) is 7.05 Å². The molecule has 3 heterocycles. The van der Waals surface area contributed by atoms with Gasteiger partial charge in [0.25, 0.3) is 0 Å². The van der Waals surface area contributed by atoms with Gasteiger partial charge in [0, 0.05) is 49.3 Å². The van der Waals surface area contributed by atoms with Crippen molar-refractivity contribution in [1.29, 1.82) is 0 Å². The van der Waals surface area contributed by atoms with Crippen LogP contribution in [0.3, 0.4) is 0 Å². The van der Waals surface area contributed by atoms with Gasteiger partial charge in [0.05, 0.1) is 11.1 Å². The van der Waals surface area contributed by atoms with E-state index in [4.69, 9.17) is 9.72 Å². The maximum absolute atomic E-state index is 12.8. The Bertz CT molecular complexity index is 1500. The summed E-state index contributed by atoms with van der Waals surface area (Å²) in [5.74, 6) is 1.53. The number of benzene rings is 2. The third-order valence-corrected chi connectivity index (χ3v) is 5.93. The zero-order valence-electron chi connectivity index (χ0n) is 19.4. The number of carbonyl (C=O) groups is 1. The average molecular weight is 448 g/mol. The zero-order valence-corrected chi connectivity index (χ0v) is 19.4. The van der Waals surface area contributed by atoms with Gasteiger partial charge in [-0.25, -0.2) is 4.98 Å². The minimum atomic E-state index is 0.0896. The summed E-state index contributed by atoms with van der Waals surface area (Å²) < 4.78 is 8.44. The van der Waals surface area contributed by atoms with E-state index in [1.54, 1.807) is 12.4 Å². The number of fused-ring (bicyclic) bond motifs is 1. The van der Waals surface area contributed by atoms with Crippen molar-refractivity contribution in [3.63, 3.8) is 0 Å². The third kappa shape index (κ3) is 4.33. The van der Waals surface area contributed by atoms with E-state index < -0.39 is 0 Å². The van der Waals surface area contributed by atoms with E-state index in [1.807, 2.05) is 98.4 Å². The highest BCUT2D eigenvalue weighted by Crippen LogP contribution is 2.35. The molecular weight excluding hydrogens is 422 g/mol. The van der Waals surface area contributed by atoms with Crippen molar-refractivity contribution in [2.45, 2.75) is 20.3 Å². The molecule has 5 nitrogen and oxygen atoms in total. The number of ketones is 1. The fraction of sp³-hybridized carbons (Fsp3) is 0.138. The molecule has 0 N–H and O–H groups in total. The SMILES string of the molecule is Cc1cccc(C(=O)Cc2ccc(C)c(Oc3cc(-c4cccnc4)nc4c3ccn4C)c2)c1. The van der Waals surface area contributed by atoms with Crippen molar-refractivity contribution < 1.29 is 9.53 Å². The summed E-state index contributed by atoms with van der Waals surface area (Å²) in [6, 6.07) is 21.5. The lowest BCUT2D eigenvalue weighted by atomic mass is 10.0. The lowest BCUT2D eigenvalue weighted by Crippen LogP contribution is -2.04. The molecule has 0 saturated heterocycles. The van der Waals surface area contributed by atoms with Gasteiger partial charge in [-0.15, -0.1) is 0 Å². The summed E-state index contributed by atoms with van der Waals surface area (Å²) in [7, 11) is 1.97. The number of carbonyl (C=O) groups excluding carboxylic acids is 1. The van der Waals surface area contributed by atoms with Crippen LogP contribution in [0.2, 0.25) is 0 Å². The standard InChI is InChI=1S/C29H25N3O2/c1-19-6-4-7-22(14-19)26(33)15-21-10-9-20(2)27(16-21)34-28-17-25(23-8-5-12-30-18-23)31-29-24(28)11-13-32(29)3/h4-14,16-18H,15H2,1-3H3. The molecule has 0 fully saturated rings. The van der Waals surface area contributed by atoms with Gasteiger partial charge < -0.3 is 9.30 Å². The minimum absolute atomic E-state index is 0.0896. The molecule has 5 aromatic rings. The lowest BCUT2D eigenvalue weighted by molar-refractivity contribution is 0.0993. The predicted molar refractivity (Wildman–Crippen MR) is 134 cm³/mol. The van der Waals surface area contributed by atoms with Crippen molar-refractivity contribution in [2.75, 3.05) is 0 Å². The van der Waals surface area contributed by atoms with Crippen molar-refractivity contribution in [3.05, 3.63) is 108 Å². The lowest BCUT2D eigenvalue weighted by Gasteiger charge is -2.13. The topological polar surface area (TPSA) is 57.0 Å². The number of hydrogen-bond donors (Lipinski definition) is 0. The Kier molecular flexibility index (Phi) is 5.68. The van der Waals surface area contributed by atoms with E-state index in [-0.39, 0.29) is 5.78 Å². The Morgan fingerprint density at radius 3 is 2.65 bits per heavy atom. The number of Topliss-reactive ketones (excluding diaryl/α,β-unsaturated/α-hetero) is 1. The van der Waals surface area contributed by atoms with Crippen LogP contribution < -0.4 is 4.74 Å². The number of aryl methyl sites for hydroxylation is 3. The van der Waals surface area contributed by atoms with E-state index in [0.717, 1.165) is 56.0 Å². The van der Waals surface area contributed by atoms with Gasteiger partial charge in [0.1, 0.15) is 17.1 Å². The maximum atomic E-state index is 12.8. The second-order valence-electron chi connectivity index (χ2n) is 8.58. The largest absolute Gasteiger partial charge is 0.456 e. The van der Waals surface area contributed by atoms with Crippen LogP contribution in [0.1, 0.15) is 27.0 Å². The van der Waals surface area contributed by atoms with E-state index in [2.05, 4.69) is 4.98 Å². The number of aromatic nitrogens is 3. The van der Waals surface area contributed by atoms with Crippen LogP contribution in [0.4, 0.5) is 0 Å². The van der Waals surface area contributed by atoms with Crippen molar-refractivity contribution in [3.8, 4) is 22.8 Å². The molecule has 0 bridgehead atoms. The van der Waals surface area contributed by atoms with Crippen LogP contribution in [0.5, 0.6) is 11.5 Å². The molecule has 0 aliphatic rings. The highest BCUT2D eigenvalue weighted by atomic mass is 16.5. The first-order valence-corrected chi connectivity index (χ1v) is 11.2. The molecule has 34 heavy (non-hydrogen) atoms. The second kappa shape index (κ2) is 8.94.